The van der Waals surface area contributed by atoms with Crippen LogP contribution in [0, 0.1) is 3.70 Å². The Morgan fingerprint density at radius 2 is 1.78 bits per heavy atom. The zero-order valence-electron chi connectivity index (χ0n) is 11.4. The highest BCUT2D eigenvalue weighted by molar-refractivity contribution is 14.1. The Labute approximate surface area is 148 Å². The van der Waals surface area contributed by atoms with Gasteiger partial charge < -0.3 is 0 Å². The van der Waals surface area contributed by atoms with Gasteiger partial charge in [-0.05, 0) is 46.9 Å². The first-order valence-electron chi connectivity index (χ1n) is 6.38. The maximum Gasteiger partial charge on any atom is 0.416 e. The van der Waals surface area contributed by atoms with Crippen LogP contribution in [0.1, 0.15) is 5.56 Å². The quantitative estimate of drug-likeness (QED) is 0.503. The summed E-state index contributed by atoms with van der Waals surface area (Å²) in [5, 5.41) is 0.505. The molecule has 0 radical (unpaired) electrons. The number of imidazole rings is 1. The molecule has 2 heterocycles. The van der Waals surface area contributed by atoms with Crippen molar-refractivity contribution in [1.29, 1.82) is 0 Å². The zero-order chi connectivity index (χ0) is 16.6. The van der Waals surface area contributed by atoms with E-state index in [9.17, 15) is 13.2 Å². The van der Waals surface area contributed by atoms with Gasteiger partial charge in [0.25, 0.3) is 0 Å². The molecule has 0 aliphatic carbocycles. The lowest BCUT2D eigenvalue weighted by Crippen LogP contribution is -2.08. The normalized spacial score (nSPS) is 11.7. The van der Waals surface area contributed by atoms with Gasteiger partial charge in [0, 0.05) is 16.8 Å². The second kappa shape index (κ2) is 6.12. The van der Waals surface area contributed by atoms with Gasteiger partial charge >= 0.3 is 6.18 Å². The molecular weight excluding hydrogens is 442 g/mol. The van der Waals surface area contributed by atoms with E-state index in [1.807, 2.05) is 22.6 Å². The Kier molecular flexibility index (Phi) is 4.33. The van der Waals surface area contributed by atoms with Crippen LogP contribution in [0.15, 0.2) is 48.9 Å². The number of rotatable bonds is 2. The number of benzene rings is 1. The third kappa shape index (κ3) is 3.66. The van der Waals surface area contributed by atoms with E-state index in [1.54, 1.807) is 30.5 Å². The predicted molar refractivity (Wildman–Crippen MR) is 89.5 cm³/mol. The van der Waals surface area contributed by atoms with Crippen molar-refractivity contribution >= 4 is 34.2 Å². The van der Waals surface area contributed by atoms with Gasteiger partial charge in [0.1, 0.15) is 15.8 Å². The molecule has 23 heavy (non-hydrogen) atoms. The first-order chi connectivity index (χ1) is 10.8. The van der Waals surface area contributed by atoms with E-state index >= 15 is 0 Å². The highest BCUT2D eigenvalue weighted by atomic mass is 127. The van der Waals surface area contributed by atoms with Gasteiger partial charge in [-0.25, -0.2) is 9.97 Å². The summed E-state index contributed by atoms with van der Waals surface area (Å²) in [6.07, 6.45) is -1.43. The lowest BCUT2D eigenvalue weighted by Gasteiger charge is -2.12. The second-order valence-corrected chi connectivity index (χ2v) is 6.25. The van der Waals surface area contributed by atoms with E-state index in [0.29, 0.717) is 14.3 Å². The van der Waals surface area contributed by atoms with Crippen molar-refractivity contribution in [3.8, 4) is 17.1 Å². The first kappa shape index (κ1) is 16.3. The monoisotopic (exact) mass is 449 g/mol. The molecule has 0 aliphatic rings. The van der Waals surface area contributed by atoms with Gasteiger partial charge in [0.05, 0.1) is 11.3 Å². The van der Waals surface area contributed by atoms with Crippen LogP contribution in [-0.2, 0) is 6.18 Å². The van der Waals surface area contributed by atoms with Crippen molar-refractivity contribution < 1.29 is 13.2 Å². The Morgan fingerprint density at radius 3 is 2.35 bits per heavy atom. The summed E-state index contributed by atoms with van der Waals surface area (Å²) in [7, 11) is 0. The SMILES string of the molecule is FC(F)(F)c1cc(-c2ccc(Cl)cc2)nc(-n2cnc(I)c2)c1. The van der Waals surface area contributed by atoms with Crippen LogP contribution in [-0.4, -0.2) is 14.5 Å². The molecule has 0 unspecified atom stereocenters. The average molecular weight is 450 g/mol. The van der Waals surface area contributed by atoms with Gasteiger partial charge in [0.15, 0.2) is 0 Å². The van der Waals surface area contributed by atoms with Crippen LogP contribution < -0.4 is 0 Å². The van der Waals surface area contributed by atoms with Crippen molar-refractivity contribution in [1.82, 2.24) is 14.5 Å². The summed E-state index contributed by atoms with van der Waals surface area (Å²) < 4.78 is 41.6. The molecule has 3 rings (SSSR count). The third-order valence-corrected chi connectivity index (χ3v) is 3.90. The number of pyridine rings is 1. The highest BCUT2D eigenvalue weighted by Gasteiger charge is 2.32. The van der Waals surface area contributed by atoms with E-state index in [2.05, 4.69) is 9.97 Å². The Balaban J connectivity index is 2.17. The molecule has 3 nitrogen and oxygen atoms in total. The molecule has 0 aliphatic heterocycles. The summed E-state index contributed by atoms with van der Waals surface area (Å²) >= 11 is 7.80. The molecule has 2 aromatic heterocycles. The molecular formula is C15H8ClF3IN3. The molecule has 0 N–H and O–H groups in total. The Morgan fingerprint density at radius 1 is 1.09 bits per heavy atom. The van der Waals surface area contributed by atoms with Gasteiger partial charge in [-0.1, -0.05) is 23.7 Å². The van der Waals surface area contributed by atoms with Gasteiger partial charge in [-0.2, -0.15) is 13.2 Å². The van der Waals surface area contributed by atoms with E-state index < -0.39 is 11.7 Å². The maximum atomic E-state index is 13.2. The van der Waals surface area contributed by atoms with Crippen LogP contribution in [0.4, 0.5) is 13.2 Å². The zero-order valence-corrected chi connectivity index (χ0v) is 14.3. The molecule has 0 atom stereocenters. The van der Waals surface area contributed by atoms with Gasteiger partial charge in [-0.3, -0.25) is 4.57 Å². The highest BCUT2D eigenvalue weighted by Crippen LogP contribution is 2.33. The fourth-order valence-electron chi connectivity index (χ4n) is 2.00. The lowest BCUT2D eigenvalue weighted by molar-refractivity contribution is -0.137. The minimum atomic E-state index is -4.47. The van der Waals surface area contributed by atoms with Gasteiger partial charge in [-0.15, -0.1) is 0 Å². The number of halogens is 5. The molecule has 0 saturated carbocycles. The number of aromatic nitrogens is 3. The molecule has 0 spiro atoms. The van der Waals surface area contributed by atoms with E-state index in [0.717, 1.165) is 12.1 Å². The van der Waals surface area contributed by atoms with Crippen LogP contribution in [0.2, 0.25) is 5.02 Å². The van der Waals surface area contributed by atoms with Crippen molar-refractivity contribution in [2.75, 3.05) is 0 Å². The number of hydrogen-bond donors (Lipinski definition) is 0. The Bertz CT molecular complexity index is 844. The minimum absolute atomic E-state index is 0.153. The molecule has 0 fully saturated rings. The fourth-order valence-corrected chi connectivity index (χ4v) is 2.56. The smallest absolute Gasteiger partial charge is 0.289 e. The summed E-state index contributed by atoms with van der Waals surface area (Å²) in [6.45, 7) is 0. The summed E-state index contributed by atoms with van der Waals surface area (Å²) in [6, 6.07) is 8.50. The fraction of sp³-hybridized carbons (Fsp3) is 0.0667. The van der Waals surface area contributed by atoms with E-state index in [4.69, 9.17) is 11.6 Å². The average Bonchev–Trinajstić information content (AvgIpc) is 2.93. The minimum Gasteiger partial charge on any atom is -0.289 e. The van der Waals surface area contributed by atoms with E-state index in [1.165, 1.54) is 10.9 Å². The van der Waals surface area contributed by atoms with Crippen LogP contribution in [0.3, 0.4) is 0 Å². The number of nitrogens with zero attached hydrogens (tertiary/aromatic N) is 3. The van der Waals surface area contributed by atoms with E-state index in [-0.39, 0.29) is 11.5 Å². The van der Waals surface area contributed by atoms with Crippen molar-refractivity contribution in [2.45, 2.75) is 6.18 Å². The predicted octanol–water partition coefficient (Wildman–Crippen LogP) is 5.21. The maximum absolute atomic E-state index is 13.2. The van der Waals surface area contributed by atoms with Crippen LogP contribution >= 0.6 is 34.2 Å². The lowest BCUT2D eigenvalue weighted by atomic mass is 10.1. The number of alkyl halides is 3. The summed E-state index contributed by atoms with van der Waals surface area (Å²) in [5.74, 6) is 0.153. The Hall–Kier alpha value is -1.61. The van der Waals surface area contributed by atoms with Crippen molar-refractivity contribution in [3.05, 3.63) is 63.2 Å². The molecule has 0 saturated heterocycles. The third-order valence-electron chi connectivity index (χ3n) is 3.09. The first-order valence-corrected chi connectivity index (χ1v) is 7.84. The summed E-state index contributed by atoms with van der Waals surface area (Å²) in [4.78, 5) is 8.32. The molecule has 0 bridgehead atoms. The van der Waals surface area contributed by atoms with Crippen molar-refractivity contribution in [3.63, 3.8) is 0 Å². The topological polar surface area (TPSA) is 30.7 Å². The number of hydrogen-bond acceptors (Lipinski definition) is 2. The van der Waals surface area contributed by atoms with Crippen molar-refractivity contribution in [2.24, 2.45) is 0 Å². The molecule has 8 heteroatoms. The van der Waals surface area contributed by atoms with Crippen LogP contribution in [0.25, 0.3) is 17.1 Å². The van der Waals surface area contributed by atoms with Gasteiger partial charge in [0.2, 0.25) is 0 Å². The molecule has 1 aromatic carbocycles. The standard InChI is InChI=1S/C15H8ClF3IN3/c16-11-3-1-9(2-4-11)12-5-10(15(17,18)19)6-14(22-12)23-7-13(20)21-8-23/h1-8H. The summed E-state index contributed by atoms with van der Waals surface area (Å²) in [5.41, 5.74) is 0.00270. The largest absolute Gasteiger partial charge is 0.416 e. The second-order valence-electron chi connectivity index (χ2n) is 4.71. The molecule has 118 valence electrons. The van der Waals surface area contributed by atoms with Crippen LogP contribution in [0.5, 0.6) is 0 Å². The molecule has 0 amide bonds. The molecule has 3 aromatic rings.